The van der Waals surface area contributed by atoms with Gasteiger partial charge in [0.15, 0.2) is 0 Å². The van der Waals surface area contributed by atoms with Gasteiger partial charge in [0.2, 0.25) is 0 Å². The summed E-state index contributed by atoms with van der Waals surface area (Å²) in [5.41, 5.74) is 3.21. The van der Waals surface area contributed by atoms with E-state index in [0.717, 1.165) is 23.4 Å². The molecular formula is C11H12FN. The van der Waals surface area contributed by atoms with Crippen LogP contribution >= 0.6 is 0 Å². The minimum absolute atomic E-state index is 0.152. The zero-order chi connectivity index (χ0) is 9.42. The molecule has 0 aromatic heterocycles. The molecule has 1 aromatic rings. The molecule has 1 aromatic carbocycles. The normalized spacial score (nSPS) is 20.8. The molecule has 1 aliphatic heterocycles. The number of fused-ring (bicyclic) bond motifs is 1. The Morgan fingerprint density at radius 2 is 2.23 bits per heavy atom. The van der Waals surface area contributed by atoms with Gasteiger partial charge in [0, 0.05) is 18.2 Å². The Labute approximate surface area is 77.3 Å². The summed E-state index contributed by atoms with van der Waals surface area (Å²) in [6.45, 7) is 4.83. The number of hydrogen-bond acceptors (Lipinski definition) is 1. The van der Waals surface area contributed by atoms with Gasteiger partial charge in [-0.15, -0.1) is 0 Å². The van der Waals surface area contributed by atoms with E-state index in [0.29, 0.717) is 5.92 Å². The predicted molar refractivity (Wildman–Crippen MR) is 51.9 cm³/mol. The van der Waals surface area contributed by atoms with E-state index in [1.54, 1.807) is 6.07 Å². The van der Waals surface area contributed by atoms with E-state index in [1.807, 2.05) is 13.0 Å². The third kappa shape index (κ3) is 1.37. The quantitative estimate of drug-likeness (QED) is 0.577. The van der Waals surface area contributed by atoms with Gasteiger partial charge in [-0.2, -0.15) is 0 Å². The van der Waals surface area contributed by atoms with E-state index < -0.39 is 0 Å². The lowest BCUT2D eigenvalue weighted by atomic mass is 9.91. The fourth-order valence-corrected chi connectivity index (χ4v) is 1.73. The van der Waals surface area contributed by atoms with Gasteiger partial charge in [-0.05, 0) is 36.2 Å². The van der Waals surface area contributed by atoms with E-state index in [2.05, 4.69) is 11.9 Å². The fourth-order valence-electron chi connectivity index (χ4n) is 1.73. The average molecular weight is 177 g/mol. The van der Waals surface area contributed by atoms with E-state index >= 15 is 0 Å². The van der Waals surface area contributed by atoms with Gasteiger partial charge in [0.05, 0.1) is 0 Å². The second-order valence-corrected chi connectivity index (χ2v) is 3.56. The summed E-state index contributed by atoms with van der Waals surface area (Å²) in [7, 11) is 0. The minimum Gasteiger partial charge on any atom is -0.289 e. The number of hydrogen-bond donors (Lipinski definition) is 0. The fraction of sp³-hybridized carbons (Fsp3) is 0.364. The Bertz CT molecular complexity index is 368. The molecule has 1 nitrogen and oxygen atoms in total. The van der Waals surface area contributed by atoms with Crippen LogP contribution in [0, 0.1) is 5.82 Å². The zero-order valence-electron chi connectivity index (χ0n) is 7.84. The molecule has 1 unspecified atom stereocenters. The van der Waals surface area contributed by atoms with Crippen molar-refractivity contribution >= 4 is 5.71 Å². The molecule has 0 amide bonds. The summed E-state index contributed by atoms with van der Waals surface area (Å²) in [4.78, 5) is 4.38. The van der Waals surface area contributed by atoms with Crippen LogP contribution in [0.3, 0.4) is 0 Å². The maximum Gasteiger partial charge on any atom is 0.123 e. The highest BCUT2D eigenvalue weighted by Gasteiger charge is 2.17. The number of halogens is 1. The SMILES string of the molecule is CC1=NCC(C)c2cc(F)ccc21. The summed E-state index contributed by atoms with van der Waals surface area (Å²) in [5, 5.41) is 0. The van der Waals surface area contributed by atoms with Crippen molar-refractivity contribution in [3.63, 3.8) is 0 Å². The topological polar surface area (TPSA) is 12.4 Å². The Morgan fingerprint density at radius 1 is 1.46 bits per heavy atom. The van der Waals surface area contributed by atoms with Crippen molar-refractivity contribution in [3.8, 4) is 0 Å². The van der Waals surface area contributed by atoms with Crippen molar-refractivity contribution < 1.29 is 4.39 Å². The van der Waals surface area contributed by atoms with Gasteiger partial charge >= 0.3 is 0 Å². The van der Waals surface area contributed by atoms with Crippen molar-refractivity contribution in [2.75, 3.05) is 6.54 Å². The Hall–Kier alpha value is -1.18. The number of nitrogens with zero attached hydrogens (tertiary/aromatic N) is 1. The molecule has 0 saturated heterocycles. The molecule has 0 spiro atoms. The van der Waals surface area contributed by atoms with Crippen LogP contribution in [0.4, 0.5) is 4.39 Å². The average Bonchev–Trinajstić information content (AvgIpc) is 2.12. The second kappa shape index (κ2) is 2.95. The monoisotopic (exact) mass is 177 g/mol. The molecule has 0 N–H and O–H groups in total. The molecule has 2 heteroatoms. The summed E-state index contributed by atoms with van der Waals surface area (Å²) in [6, 6.07) is 4.94. The molecule has 13 heavy (non-hydrogen) atoms. The largest absolute Gasteiger partial charge is 0.289 e. The van der Waals surface area contributed by atoms with Crippen LogP contribution in [-0.4, -0.2) is 12.3 Å². The number of aliphatic imine (C=N–C) groups is 1. The highest BCUT2D eigenvalue weighted by Crippen LogP contribution is 2.25. The lowest BCUT2D eigenvalue weighted by Gasteiger charge is -2.20. The first-order valence-electron chi connectivity index (χ1n) is 4.49. The van der Waals surface area contributed by atoms with Crippen LogP contribution in [0.5, 0.6) is 0 Å². The highest BCUT2D eigenvalue weighted by atomic mass is 19.1. The molecule has 1 aliphatic rings. The number of benzene rings is 1. The smallest absolute Gasteiger partial charge is 0.123 e. The maximum absolute atomic E-state index is 13.0. The molecule has 0 radical (unpaired) electrons. The van der Waals surface area contributed by atoms with Crippen LogP contribution in [0.2, 0.25) is 0 Å². The molecule has 1 heterocycles. The summed E-state index contributed by atoms with van der Waals surface area (Å²) in [6.07, 6.45) is 0. The van der Waals surface area contributed by atoms with Crippen molar-refractivity contribution in [1.29, 1.82) is 0 Å². The standard InChI is InChI=1S/C11H12FN/c1-7-6-13-8(2)10-4-3-9(12)5-11(7)10/h3-5,7H,6H2,1-2H3. The molecule has 2 rings (SSSR count). The molecular weight excluding hydrogens is 165 g/mol. The first kappa shape index (κ1) is 8.42. The Balaban J connectivity index is 2.59. The zero-order valence-corrected chi connectivity index (χ0v) is 7.84. The molecule has 0 bridgehead atoms. The van der Waals surface area contributed by atoms with Gasteiger partial charge < -0.3 is 0 Å². The maximum atomic E-state index is 13.0. The highest BCUT2D eigenvalue weighted by molar-refractivity contribution is 6.01. The summed E-state index contributed by atoms with van der Waals surface area (Å²) >= 11 is 0. The van der Waals surface area contributed by atoms with Gasteiger partial charge in [-0.25, -0.2) is 4.39 Å². The van der Waals surface area contributed by atoms with E-state index in [9.17, 15) is 4.39 Å². The van der Waals surface area contributed by atoms with Crippen LogP contribution in [0.25, 0.3) is 0 Å². The number of rotatable bonds is 0. The Morgan fingerprint density at radius 3 is 3.00 bits per heavy atom. The summed E-state index contributed by atoms with van der Waals surface area (Å²) < 4.78 is 13.0. The lowest BCUT2D eigenvalue weighted by molar-refractivity contribution is 0.620. The van der Waals surface area contributed by atoms with Crippen LogP contribution in [0.15, 0.2) is 23.2 Å². The first-order chi connectivity index (χ1) is 6.18. The third-order valence-corrected chi connectivity index (χ3v) is 2.54. The van der Waals surface area contributed by atoms with E-state index in [1.165, 1.54) is 6.07 Å². The first-order valence-corrected chi connectivity index (χ1v) is 4.49. The molecule has 0 fully saturated rings. The predicted octanol–water partition coefficient (Wildman–Crippen LogP) is 2.75. The minimum atomic E-state index is -0.152. The Kier molecular flexibility index (Phi) is 1.91. The van der Waals surface area contributed by atoms with Crippen molar-refractivity contribution in [2.24, 2.45) is 4.99 Å². The van der Waals surface area contributed by atoms with E-state index in [4.69, 9.17) is 0 Å². The molecule has 1 atom stereocenters. The van der Waals surface area contributed by atoms with Crippen molar-refractivity contribution in [1.82, 2.24) is 0 Å². The van der Waals surface area contributed by atoms with Crippen LogP contribution in [-0.2, 0) is 0 Å². The van der Waals surface area contributed by atoms with Crippen LogP contribution in [0.1, 0.15) is 30.9 Å². The van der Waals surface area contributed by atoms with Crippen molar-refractivity contribution in [2.45, 2.75) is 19.8 Å². The lowest BCUT2D eigenvalue weighted by Crippen LogP contribution is -2.13. The molecule has 0 aliphatic carbocycles. The second-order valence-electron chi connectivity index (χ2n) is 3.56. The molecule has 68 valence electrons. The van der Waals surface area contributed by atoms with Gasteiger partial charge in [-0.3, -0.25) is 4.99 Å². The van der Waals surface area contributed by atoms with Crippen molar-refractivity contribution in [3.05, 3.63) is 35.1 Å². The van der Waals surface area contributed by atoms with Gasteiger partial charge in [0.25, 0.3) is 0 Å². The third-order valence-electron chi connectivity index (χ3n) is 2.54. The van der Waals surface area contributed by atoms with Gasteiger partial charge in [-0.1, -0.05) is 6.92 Å². The molecule has 0 saturated carbocycles. The summed E-state index contributed by atoms with van der Waals surface area (Å²) in [5.74, 6) is 0.190. The van der Waals surface area contributed by atoms with Gasteiger partial charge in [0.1, 0.15) is 5.82 Å². The van der Waals surface area contributed by atoms with Crippen LogP contribution < -0.4 is 0 Å². The van der Waals surface area contributed by atoms with E-state index in [-0.39, 0.29) is 5.82 Å².